The summed E-state index contributed by atoms with van der Waals surface area (Å²) in [6, 6.07) is 13.8. The third-order valence-electron chi connectivity index (χ3n) is 4.50. The first-order chi connectivity index (χ1) is 16.1. The molecule has 0 spiro atoms. The minimum absolute atomic E-state index is 0.111. The summed E-state index contributed by atoms with van der Waals surface area (Å²) >= 11 is 0.984. The number of alkyl halides is 3. The number of thioether (sulfide) groups is 1. The molecule has 0 aliphatic heterocycles. The molecule has 12 heteroatoms. The number of ether oxygens (including phenoxy) is 1. The van der Waals surface area contributed by atoms with Gasteiger partial charge < -0.3 is 10.1 Å². The number of carbonyl (C=O) groups is 2. The Morgan fingerprint density at radius 1 is 1.03 bits per heavy atom. The van der Waals surface area contributed by atoms with E-state index in [1.165, 1.54) is 0 Å². The number of hydrogen-bond acceptors (Lipinski definition) is 6. The molecule has 0 unspecified atom stereocenters. The van der Waals surface area contributed by atoms with E-state index in [9.17, 15) is 22.8 Å². The van der Waals surface area contributed by atoms with Crippen molar-refractivity contribution >= 4 is 23.7 Å². The van der Waals surface area contributed by atoms with Gasteiger partial charge in [-0.3, -0.25) is 14.7 Å². The first-order valence-corrected chi connectivity index (χ1v) is 11.1. The Bertz CT molecular complexity index is 1130. The van der Waals surface area contributed by atoms with Crippen LogP contribution in [0.15, 0.2) is 53.7 Å². The molecular formula is C22H22F3N5O3S. The fourth-order valence-corrected chi connectivity index (χ4v) is 3.78. The van der Waals surface area contributed by atoms with Crippen molar-refractivity contribution in [1.82, 2.24) is 25.4 Å². The third kappa shape index (κ3) is 6.98. The molecule has 0 aliphatic rings. The summed E-state index contributed by atoms with van der Waals surface area (Å²) in [4.78, 5) is 23.5. The average molecular weight is 494 g/mol. The molecule has 2 aromatic carbocycles. The Labute approximate surface area is 197 Å². The lowest BCUT2D eigenvalue weighted by Crippen LogP contribution is -2.43. The van der Waals surface area contributed by atoms with Crippen LogP contribution in [0, 0.1) is 13.8 Å². The molecule has 1 heterocycles. The Balaban J connectivity index is 1.71. The SMILES string of the molecule is Cc1cccc(C)c1OCc1nnc(SCC(=O)NC(=O)NCC(F)(F)F)n1-c1ccccc1. The van der Waals surface area contributed by atoms with Crippen LogP contribution >= 0.6 is 11.8 Å². The summed E-state index contributed by atoms with van der Waals surface area (Å²) < 4.78 is 44.3. The molecule has 1 aromatic heterocycles. The Morgan fingerprint density at radius 2 is 1.71 bits per heavy atom. The van der Waals surface area contributed by atoms with Gasteiger partial charge in [0.25, 0.3) is 0 Å². The zero-order chi connectivity index (χ0) is 24.7. The lowest BCUT2D eigenvalue weighted by molar-refractivity contribution is -0.124. The van der Waals surface area contributed by atoms with Crippen molar-refractivity contribution in [2.75, 3.05) is 12.3 Å². The van der Waals surface area contributed by atoms with E-state index in [1.54, 1.807) is 9.88 Å². The van der Waals surface area contributed by atoms with Crippen molar-refractivity contribution in [1.29, 1.82) is 0 Å². The molecule has 3 aromatic rings. The minimum Gasteiger partial charge on any atom is -0.485 e. The summed E-state index contributed by atoms with van der Waals surface area (Å²) in [5, 5.41) is 12.1. The van der Waals surface area contributed by atoms with E-state index in [0.717, 1.165) is 34.3 Å². The Kier molecular flexibility index (Phi) is 8.16. The predicted octanol–water partition coefficient (Wildman–Crippen LogP) is 3.94. The molecular weight excluding hydrogens is 471 g/mol. The lowest BCUT2D eigenvalue weighted by atomic mass is 10.1. The summed E-state index contributed by atoms with van der Waals surface area (Å²) in [5.74, 6) is 0.186. The lowest BCUT2D eigenvalue weighted by Gasteiger charge is -2.13. The van der Waals surface area contributed by atoms with E-state index in [-0.39, 0.29) is 12.4 Å². The second-order valence-electron chi connectivity index (χ2n) is 7.21. The number of rotatable bonds is 8. The summed E-state index contributed by atoms with van der Waals surface area (Å²) in [6.07, 6.45) is -4.57. The van der Waals surface area contributed by atoms with Gasteiger partial charge in [0.1, 0.15) is 18.9 Å². The largest absolute Gasteiger partial charge is 0.485 e. The summed E-state index contributed by atoms with van der Waals surface area (Å²) in [7, 11) is 0. The number of benzene rings is 2. The Hall–Kier alpha value is -3.54. The van der Waals surface area contributed by atoms with E-state index in [0.29, 0.717) is 11.0 Å². The van der Waals surface area contributed by atoms with Gasteiger partial charge in [0.2, 0.25) is 5.91 Å². The number of urea groups is 1. The number of nitrogens with one attached hydrogen (secondary N) is 2. The first kappa shape index (κ1) is 25.1. The van der Waals surface area contributed by atoms with Gasteiger partial charge in [0, 0.05) is 5.69 Å². The highest BCUT2D eigenvalue weighted by atomic mass is 32.2. The molecule has 0 saturated heterocycles. The van der Waals surface area contributed by atoms with Crippen LogP contribution in [-0.2, 0) is 11.4 Å². The van der Waals surface area contributed by atoms with Crippen LogP contribution < -0.4 is 15.4 Å². The third-order valence-corrected chi connectivity index (χ3v) is 5.43. The number of para-hydroxylation sites is 2. The Morgan fingerprint density at radius 3 is 2.35 bits per heavy atom. The van der Waals surface area contributed by atoms with E-state index in [4.69, 9.17) is 4.74 Å². The number of amides is 3. The summed E-state index contributed by atoms with van der Waals surface area (Å²) in [5.41, 5.74) is 2.68. The monoisotopic (exact) mass is 493 g/mol. The highest BCUT2D eigenvalue weighted by molar-refractivity contribution is 7.99. The maximum atomic E-state index is 12.2. The maximum absolute atomic E-state index is 12.2. The van der Waals surface area contributed by atoms with Gasteiger partial charge in [0.05, 0.1) is 5.75 Å². The molecule has 0 radical (unpaired) electrons. The second kappa shape index (κ2) is 11.1. The van der Waals surface area contributed by atoms with E-state index < -0.39 is 24.7 Å². The minimum atomic E-state index is -4.57. The smallest absolute Gasteiger partial charge is 0.405 e. The molecule has 180 valence electrons. The number of halogens is 3. The average Bonchev–Trinajstić information content (AvgIpc) is 3.19. The van der Waals surface area contributed by atoms with Crippen molar-refractivity contribution in [3.63, 3.8) is 0 Å². The fourth-order valence-electron chi connectivity index (χ4n) is 3.00. The number of aromatic nitrogens is 3. The quantitative estimate of drug-likeness (QED) is 0.462. The van der Waals surface area contributed by atoms with Crippen LogP contribution in [0.4, 0.5) is 18.0 Å². The zero-order valence-corrected chi connectivity index (χ0v) is 19.2. The van der Waals surface area contributed by atoms with Crippen molar-refractivity contribution in [2.24, 2.45) is 0 Å². The molecule has 0 atom stereocenters. The highest BCUT2D eigenvalue weighted by Gasteiger charge is 2.28. The van der Waals surface area contributed by atoms with Crippen LogP contribution in [0.5, 0.6) is 5.75 Å². The highest BCUT2D eigenvalue weighted by Crippen LogP contribution is 2.26. The van der Waals surface area contributed by atoms with Crippen molar-refractivity contribution < 1.29 is 27.5 Å². The van der Waals surface area contributed by atoms with E-state index in [2.05, 4.69) is 10.2 Å². The van der Waals surface area contributed by atoms with Gasteiger partial charge >= 0.3 is 12.2 Å². The fraction of sp³-hybridized carbons (Fsp3) is 0.273. The molecule has 34 heavy (non-hydrogen) atoms. The summed E-state index contributed by atoms with van der Waals surface area (Å²) in [6.45, 7) is 2.45. The molecule has 0 fully saturated rings. The molecule has 3 rings (SSSR count). The van der Waals surface area contributed by atoms with E-state index in [1.807, 2.05) is 67.7 Å². The molecule has 0 aliphatic carbocycles. The van der Waals surface area contributed by atoms with Gasteiger partial charge in [-0.15, -0.1) is 10.2 Å². The van der Waals surface area contributed by atoms with Crippen LogP contribution in [0.3, 0.4) is 0 Å². The van der Waals surface area contributed by atoms with Crippen molar-refractivity contribution in [3.05, 3.63) is 65.5 Å². The number of hydrogen-bond donors (Lipinski definition) is 2. The molecule has 0 bridgehead atoms. The molecule has 8 nitrogen and oxygen atoms in total. The van der Waals surface area contributed by atoms with Crippen molar-refractivity contribution in [2.45, 2.75) is 31.8 Å². The van der Waals surface area contributed by atoms with Gasteiger partial charge in [-0.05, 0) is 37.1 Å². The van der Waals surface area contributed by atoms with Gasteiger partial charge in [-0.25, -0.2) is 4.79 Å². The standard InChI is InChI=1S/C22H22F3N5O3S/c1-14-7-6-8-15(2)19(14)33-11-17-28-29-21(30(17)16-9-4-3-5-10-16)34-12-18(31)27-20(32)26-13-22(23,24)25/h3-10H,11-13H2,1-2H3,(H2,26,27,31,32). The van der Waals surface area contributed by atoms with Crippen LogP contribution in [0.1, 0.15) is 17.0 Å². The van der Waals surface area contributed by atoms with Gasteiger partial charge in [0.15, 0.2) is 11.0 Å². The number of carbonyl (C=O) groups excluding carboxylic acids is 2. The maximum Gasteiger partial charge on any atom is 0.405 e. The first-order valence-electron chi connectivity index (χ1n) is 10.1. The van der Waals surface area contributed by atoms with E-state index >= 15 is 0 Å². The second-order valence-corrected chi connectivity index (χ2v) is 8.16. The van der Waals surface area contributed by atoms with Gasteiger partial charge in [-0.2, -0.15) is 13.2 Å². The number of aryl methyl sites for hydroxylation is 2. The number of imide groups is 1. The zero-order valence-electron chi connectivity index (χ0n) is 18.3. The topological polar surface area (TPSA) is 98.1 Å². The van der Waals surface area contributed by atoms with Crippen molar-refractivity contribution in [3.8, 4) is 11.4 Å². The number of nitrogens with zero attached hydrogens (tertiary/aromatic N) is 3. The molecule has 3 amide bonds. The van der Waals surface area contributed by atoms with Crippen LogP contribution in [0.2, 0.25) is 0 Å². The van der Waals surface area contributed by atoms with Crippen LogP contribution in [-0.4, -0.2) is 45.2 Å². The normalized spacial score (nSPS) is 11.2. The molecule has 0 saturated carbocycles. The molecule has 2 N–H and O–H groups in total. The van der Waals surface area contributed by atoms with Gasteiger partial charge in [-0.1, -0.05) is 48.2 Å². The predicted molar refractivity (Wildman–Crippen MR) is 120 cm³/mol. The van der Waals surface area contributed by atoms with Crippen LogP contribution in [0.25, 0.3) is 5.69 Å².